The maximum absolute atomic E-state index is 12.0. The predicted octanol–water partition coefficient (Wildman–Crippen LogP) is 3.41. The van der Waals surface area contributed by atoms with Gasteiger partial charge in [-0.25, -0.2) is 4.98 Å². The minimum atomic E-state index is -0.116. The summed E-state index contributed by atoms with van der Waals surface area (Å²) >= 11 is 6.42. The van der Waals surface area contributed by atoms with Crippen LogP contribution in [0.15, 0.2) is 21.3 Å². The molecule has 2 aromatic rings. The Hall–Kier alpha value is -0.560. The number of halogens is 1. The zero-order valence-corrected chi connectivity index (χ0v) is 12.4. The van der Waals surface area contributed by atoms with E-state index in [1.54, 1.807) is 16.7 Å². The van der Waals surface area contributed by atoms with Gasteiger partial charge in [-0.15, -0.1) is 22.7 Å². The van der Waals surface area contributed by atoms with E-state index in [9.17, 15) is 4.79 Å². The summed E-state index contributed by atoms with van der Waals surface area (Å²) in [7, 11) is 0. The van der Waals surface area contributed by atoms with Gasteiger partial charge in [0, 0.05) is 21.2 Å². The molecular formula is C11H11BrN2OS2. The van der Waals surface area contributed by atoms with E-state index in [1.807, 2.05) is 18.4 Å². The van der Waals surface area contributed by atoms with E-state index >= 15 is 0 Å². The van der Waals surface area contributed by atoms with Crippen LogP contribution in [0.2, 0.25) is 0 Å². The third-order valence-corrected chi connectivity index (χ3v) is 5.18. The molecule has 2 N–H and O–H groups in total. The summed E-state index contributed by atoms with van der Waals surface area (Å²) in [6.45, 7) is 1.86. The van der Waals surface area contributed by atoms with E-state index in [-0.39, 0.29) is 11.8 Å². The van der Waals surface area contributed by atoms with Crippen molar-refractivity contribution in [2.24, 2.45) is 5.73 Å². The number of nitrogens with zero attached hydrogens (tertiary/aromatic N) is 1. The average Bonchev–Trinajstić information content (AvgIpc) is 2.88. The van der Waals surface area contributed by atoms with Gasteiger partial charge in [0.05, 0.1) is 6.04 Å². The largest absolute Gasteiger partial charge is 0.322 e. The summed E-state index contributed by atoms with van der Waals surface area (Å²) in [5.41, 5.74) is 6.23. The van der Waals surface area contributed by atoms with Gasteiger partial charge >= 0.3 is 0 Å². The van der Waals surface area contributed by atoms with E-state index in [1.165, 1.54) is 11.3 Å². The van der Waals surface area contributed by atoms with Crippen LogP contribution in [0.5, 0.6) is 0 Å². The smallest absolute Gasteiger partial charge is 0.187 e. The highest BCUT2D eigenvalue weighted by atomic mass is 79.9. The third kappa shape index (κ3) is 3.01. The first-order valence-corrected chi connectivity index (χ1v) is 7.59. The molecule has 0 fully saturated rings. The third-order valence-electron chi connectivity index (χ3n) is 2.21. The first-order valence-electron chi connectivity index (χ1n) is 5.04. The molecule has 6 heteroatoms. The molecular weight excluding hydrogens is 320 g/mol. The van der Waals surface area contributed by atoms with Gasteiger partial charge in [0.2, 0.25) is 0 Å². The number of hydrogen-bond donors (Lipinski definition) is 1. The Morgan fingerprint density at radius 2 is 2.35 bits per heavy atom. The van der Waals surface area contributed by atoms with Gasteiger partial charge in [-0.1, -0.05) is 0 Å². The Labute approximate surface area is 116 Å². The molecule has 0 aromatic carbocycles. The lowest BCUT2D eigenvalue weighted by atomic mass is 10.2. The molecule has 2 rings (SSSR count). The molecule has 0 saturated heterocycles. The van der Waals surface area contributed by atoms with Gasteiger partial charge in [-0.2, -0.15) is 0 Å². The van der Waals surface area contributed by atoms with Gasteiger partial charge in [-0.3, -0.25) is 4.79 Å². The number of thiophene rings is 1. The molecule has 2 heterocycles. The fourth-order valence-corrected chi connectivity index (χ4v) is 3.59. The number of aromatic nitrogens is 1. The van der Waals surface area contributed by atoms with Gasteiger partial charge in [0.15, 0.2) is 5.78 Å². The van der Waals surface area contributed by atoms with Crippen molar-refractivity contribution in [3.05, 3.63) is 36.9 Å². The fourth-order valence-electron chi connectivity index (χ4n) is 1.31. The number of thiazole rings is 1. The van der Waals surface area contributed by atoms with E-state index in [0.717, 1.165) is 14.4 Å². The Bertz CT molecular complexity index is 533. The molecule has 0 amide bonds. The Balaban J connectivity index is 2.12. The molecule has 90 valence electrons. The first kappa shape index (κ1) is 12.9. The number of hydrogen-bond acceptors (Lipinski definition) is 5. The summed E-state index contributed by atoms with van der Waals surface area (Å²) in [4.78, 5) is 17.3. The van der Waals surface area contributed by atoms with Crippen LogP contribution in [-0.2, 0) is 6.42 Å². The maximum atomic E-state index is 12.0. The van der Waals surface area contributed by atoms with Crippen molar-refractivity contribution < 1.29 is 4.79 Å². The highest BCUT2D eigenvalue weighted by molar-refractivity contribution is 9.10. The topological polar surface area (TPSA) is 56.0 Å². The van der Waals surface area contributed by atoms with Gasteiger partial charge < -0.3 is 5.73 Å². The number of carbonyl (C=O) groups excluding carboxylic acids is 1. The highest BCUT2D eigenvalue weighted by Gasteiger charge is 2.15. The van der Waals surface area contributed by atoms with Crippen LogP contribution in [0.25, 0.3) is 0 Å². The second-order valence-electron chi connectivity index (χ2n) is 3.65. The molecule has 3 nitrogen and oxygen atoms in total. The minimum Gasteiger partial charge on any atom is -0.322 e. The number of carbonyl (C=O) groups is 1. The average molecular weight is 331 g/mol. The Kier molecular flexibility index (Phi) is 4.09. The quantitative estimate of drug-likeness (QED) is 0.874. The maximum Gasteiger partial charge on any atom is 0.187 e. The van der Waals surface area contributed by atoms with Gasteiger partial charge in [0.25, 0.3) is 0 Å². The highest BCUT2D eigenvalue weighted by Crippen LogP contribution is 2.25. The molecule has 0 aliphatic rings. The second kappa shape index (κ2) is 5.39. The fraction of sp³-hybridized carbons (Fsp3) is 0.273. The van der Waals surface area contributed by atoms with Crippen LogP contribution in [0.3, 0.4) is 0 Å². The van der Waals surface area contributed by atoms with Crippen molar-refractivity contribution in [1.82, 2.24) is 4.98 Å². The van der Waals surface area contributed by atoms with Crippen molar-refractivity contribution in [2.45, 2.75) is 19.4 Å². The number of Topliss-reactive ketones (excluding diaryl/α,β-unsaturated/α-hetero) is 1. The molecule has 0 aliphatic carbocycles. The van der Waals surface area contributed by atoms with Crippen molar-refractivity contribution in [3.63, 3.8) is 0 Å². The summed E-state index contributed by atoms with van der Waals surface area (Å²) in [6, 6.07) is 1.83. The van der Waals surface area contributed by atoms with Crippen LogP contribution >= 0.6 is 38.6 Å². The van der Waals surface area contributed by atoms with E-state index in [4.69, 9.17) is 5.73 Å². The van der Waals surface area contributed by atoms with Crippen LogP contribution in [0.4, 0.5) is 0 Å². The number of rotatable bonds is 4. The lowest BCUT2D eigenvalue weighted by molar-refractivity contribution is 0.0989. The van der Waals surface area contributed by atoms with Crippen LogP contribution in [-0.4, -0.2) is 10.8 Å². The second-order valence-corrected chi connectivity index (χ2v) is 6.40. The van der Waals surface area contributed by atoms with E-state index < -0.39 is 0 Å². The van der Waals surface area contributed by atoms with Crippen LogP contribution < -0.4 is 5.73 Å². The van der Waals surface area contributed by atoms with Gasteiger partial charge in [0.1, 0.15) is 10.7 Å². The summed E-state index contributed by atoms with van der Waals surface area (Å²) in [6.07, 6.45) is 0.389. The van der Waals surface area contributed by atoms with Crippen LogP contribution in [0, 0.1) is 0 Å². The molecule has 17 heavy (non-hydrogen) atoms. The van der Waals surface area contributed by atoms with Crippen molar-refractivity contribution in [2.75, 3.05) is 0 Å². The zero-order chi connectivity index (χ0) is 12.4. The Morgan fingerprint density at radius 3 is 2.88 bits per heavy atom. The monoisotopic (exact) mass is 330 g/mol. The Morgan fingerprint density at radius 1 is 1.59 bits per heavy atom. The SMILES string of the molecule is CC(N)c1nc(C(=O)Cc2sccc2Br)cs1. The normalized spacial score (nSPS) is 12.6. The van der Waals surface area contributed by atoms with Crippen molar-refractivity contribution in [3.8, 4) is 0 Å². The molecule has 0 radical (unpaired) electrons. The lowest BCUT2D eigenvalue weighted by Gasteiger charge is -1.98. The first-order chi connectivity index (χ1) is 8.08. The number of nitrogens with two attached hydrogens (primary N) is 1. The lowest BCUT2D eigenvalue weighted by Crippen LogP contribution is -2.07. The number of ketones is 1. The van der Waals surface area contributed by atoms with E-state index in [0.29, 0.717) is 12.1 Å². The summed E-state index contributed by atoms with van der Waals surface area (Å²) < 4.78 is 0.985. The minimum absolute atomic E-state index is 0.0382. The summed E-state index contributed by atoms with van der Waals surface area (Å²) in [5.74, 6) is 0.0382. The summed E-state index contributed by atoms with van der Waals surface area (Å²) in [5, 5.41) is 4.54. The molecule has 1 unspecified atom stereocenters. The molecule has 1 atom stereocenters. The predicted molar refractivity (Wildman–Crippen MR) is 74.8 cm³/mol. The van der Waals surface area contributed by atoms with Crippen LogP contribution in [0.1, 0.15) is 33.3 Å². The van der Waals surface area contributed by atoms with Crippen molar-refractivity contribution in [1.29, 1.82) is 0 Å². The van der Waals surface area contributed by atoms with Gasteiger partial charge in [-0.05, 0) is 34.3 Å². The van der Waals surface area contributed by atoms with E-state index in [2.05, 4.69) is 20.9 Å². The molecule has 2 aromatic heterocycles. The zero-order valence-electron chi connectivity index (χ0n) is 9.14. The molecule has 0 saturated carbocycles. The molecule has 0 aliphatic heterocycles. The standard InChI is InChI=1S/C11H11BrN2OS2/c1-6(13)11-14-8(5-17-11)9(15)4-10-7(12)2-3-16-10/h2-3,5-6H,4,13H2,1H3. The molecule has 0 spiro atoms. The molecule has 0 bridgehead atoms. The van der Waals surface area contributed by atoms with Crippen molar-refractivity contribution >= 4 is 44.4 Å².